The lowest BCUT2D eigenvalue weighted by Crippen LogP contribution is -2.01. The van der Waals surface area contributed by atoms with Gasteiger partial charge < -0.3 is 5.73 Å². The minimum Gasteiger partial charge on any atom is -0.396 e. The number of aromatic nitrogens is 2. The van der Waals surface area contributed by atoms with Gasteiger partial charge in [-0.25, -0.2) is 0 Å². The molecule has 90 valence electrons. The smallest absolute Gasteiger partial charge is 0.0879 e. The molecule has 0 bridgehead atoms. The van der Waals surface area contributed by atoms with Gasteiger partial charge in [0.15, 0.2) is 0 Å². The Kier molecular flexibility index (Phi) is 3.18. The topological polar surface area (TPSA) is 43.8 Å². The van der Waals surface area contributed by atoms with Crippen molar-refractivity contribution in [3.63, 3.8) is 0 Å². The summed E-state index contributed by atoms with van der Waals surface area (Å²) in [5, 5.41) is 4.52. The fourth-order valence-corrected chi connectivity index (χ4v) is 1.86. The Balaban J connectivity index is 2.19. The highest BCUT2D eigenvalue weighted by Gasteiger charge is 2.09. The molecule has 3 nitrogen and oxygen atoms in total. The van der Waals surface area contributed by atoms with Crippen molar-refractivity contribution in [2.24, 2.45) is 0 Å². The number of hydrogen-bond donors (Lipinski definition) is 1. The third kappa shape index (κ3) is 2.67. The van der Waals surface area contributed by atoms with Crippen LogP contribution in [0.1, 0.15) is 36.6 Å². The average Bonchev–Trinajstić information content (AvgIpc) is 2.63. The van der Waals surface area contributed by atoms with Gasteiger partial charge in [0.05, 0.1) is 17.9 Å². The maximum atomic E-state index is 5.94. The van der Waals surface area contributed by atoms with E-state index >= 15 is 0 Å². The van der Waals surface area contributed by atoms with E-state index in [0.717, 1.165) is 17.9 Å². The average molecular weight is 229 g/mol. The van der Waals surface area contributed by atoms with Crippen LogP contribution in [0.5, 0.6) is 0 Å². The van der Waals surface area contributed by atoms with E-state index in [9.17, 15) is 0 Å². The molecule has 0 radical (unpaired) electrons. The molecule has 0 aliphatic heterocycles. The summed E-state index contributed by atoms with van der Waals surface area (Å²) in [5.74, 6) is 0.370. The van der Waals surface area contributed by atoms with E-state index in [1.165, 1.54) is 11.1 Å². The van der Waals surface area contributed by atoms with Gasteiger partial charge in [-0.1, -0.05) is 43.7 Å². The Labute approximate surface area is 102 Å². The van der Waals surface area contributed by atoms with Crippen LogP contribution in [0.15, 0.2) is 30.5 Å². The summed E-state index contributed by atoms with van der Waals surface area (Å²) in [4.78, 5) is 0. The monoisotopic (exact) mass is 229 g/mol. The van der Waals surface area contributed by atoms with Crippen molar-refractivity contribution in [1.29, 1.82) is 0 Å². The zero-order chi connectivity index (χ0) is 12.4. The predicted molar refractivity (Wildman–Crippen MR) is 71.0 cm³/mol. The van der Waals surface area contributed by atoms with Crippen LogP contribution < -0.4 is 5.73 Å². The summed E-state index contributed by atoms with van der Waals surface area (Å²) >= 11 is 0. The first-order valence-corrected chi connectivity index (χ1v) is 5.94. The molecule has 0 saturated heterocycles. The number of anilines is 1. The predicted octanol–water partition coefficient (Wildman–Crippen LogP) is 2.95. The van der Waals surface area contributed by atoms with E-state index in [1.807, 2.05) is 10.9 Å². The van der Waals surface area contributed by atoms with E-state index in [2.05, 4.69) is 50.1 Å². The Morgan fingerprint density at radius 2 is 1.88 bits per heavy atom. The lowest BCUT2D eigenvalue weighted by Gasteiger charge is -2.03. The Hall–Kier alpha value is -1.77. The minimum atomic E-state index is 0.370. The summed E-state index contributed by atoms with van der Waals surface area (Å²) < 4.78 is 1.91. The third-order valence-corrected chi connectivity index (χ3v) is 2.83. The number of aryl methyl sites for hydroxylation is 1. The van der Waals surface area contributed by atoms with E-state index < -0.39 is 0 Å². The molecule has 2 N–H and O–H groups in total. The van der Waals surface area contributed by atoms with Crippen LogP contribution in [0.2, 0.25) is 0 Å². The second-order valence-electron chi connectivity index (χ2n) is 4.81. The van der Waals surface area contributed by atoms with Gasteiger partial charge in [-0.2, -0.15) is 5.10 Å². The van der Waals surface area contributed by atoms with E-state index in [4.69, 9.17) is 5.73 Å². The van der Waals surface area contributed by atoms with Gasteiger partial charge in [0.1, 0.15) is 0 Å². The highest BCUT2D eigenvalue weighted by Crippen LogP contribution is 2.19. The van der Waals surface area contributed by atoms with Gasteiger partial charge in [0.25, 0.3) is 0 Å². The number of nitrogens with zero attached hydrogens (tertiary/aromatic N) is 2. The zero-order valence-corrected chi connectivity index (χ0v) is 10.6. The fourth-order valence-electron chi connectivity index (χ4n) is 1.86. The van der Waals surface area contributed by atoms with Crippen molar-refractivity contribution < 1.29 is 0 Å². The number of benzene rings is 1. The Morgan fingerprint density at radius 1 is 1.24 bits per heavy atom. The van der Waals surface area contributed by atoms with Crippen LogP contribution in [-0.4, -0.2) is 9.78 Å². The van der Waals surface area contributed by atoms with E-state index in [0.29, 0.717) is 5.92 Å². The SMILES string of the molecule is Cc1ccc(Cn2cc(N)c(C(C)C)n2)cc1. The molecular weight excluding hydrogens is 210 g/mol. The van der Waals surface area contributed by atoms with Gasteiger partial charge in [-0.15, -0.1) is 0 Å². The number of nitrogens with two attached hydrogens (primary N) is 1. The molecule has 1 heterocycles. The van der Waals surface area contributed by atoms with Crippen molar-refractivity contribution in [2.75, 3.05) is 5.73 Å². The van der Waals surface area contributed by atoms with Crippen molar-refractivity contribution in [3.05, 3.63) is 47.3 Å². The van der Waals surface area contributed by atoms with Crippen LogP contribution in [0.4, 0.5) is 5.69 Å². The standard InChI is InChI=1S/C14H19N3/c1-10(2)14-13(15)9-17(16-14)8-12-6-4-11(3)5-7-12/h4-7,9-10H,8,15H2,1-3H3. The summed E-state index contributed by atoms with van der Waals surface area (Å²) in [7, 11) is 0. The molecule has 1 aromatic heterocycles. The van der Waals surface area contributed by atoms with Gasteiger partial charge in [0, 0.05) is 6.20 Å². The van der Waals surface area contributed by atoms with Crippen LogP contribution in [-0.2, 0) is 6.54 Å². The fraction of sp³-hybridized carbons (Fsp3) is 0.357. The molecule has 17 heavy (non-hydrogen) atoms. The summed E-state index contributed by atoms with van der Waals surface area (Å²) in [6.07, 6.45) is 1.91. The van der Waals surface area contributed by atoms with Gasteiger partial charge in [0.2, 0.25) is 0 Å². The molecule has 0 fully saturated rings. The third-order valence-electron chi connectivity index (χ3n) is 2.83. The molecule has 0 aliphatic rings. The molecule has 0 aliphatic carbocycles. The molecule has 0 spiro atoms. The van der Waals surface area contributed by atoms with Crippen LogP contribution in [0.25, 0.3) is 0 Å². The highest BCUT2D eigenvalue weighted by molar-refractivity contribution is 5.42. The first kappa shape index (κ1) is 11.7. The molecule has 1 aromatic carbocycles. The highest BCUT2D eigenvalue weighted by atomic mass is 15.3. The molecule has 0 saturated carbocycles. The Morgan fingerprint density at radius 3 is 2.41 bits per heavy atom. The van der Waals surface area contributed by atoms with Crippen molar-refractivity contribution in [2.45, 2.75) is 33.2 Å². The quantitative estimate of drug-likeness (QED) is 0.879. The maximum absolute atomic E-state index is 5.94. The van der Waals surface area contributed by atoms with E-state index in [1.54, 1.807) is 0 Å². The molecule has 2 aromatic rings. The number of hydrogen-bond acceptors (Lipinski definition) is 2. The van der Waals surface area contributed by atoms with Crippen molar-refractivity contribution >= 4 is 5.69 Å². The summed E-state index contributed by atoms with van der Waals surface area (Å²) in [5.41, 5.74) is 10.2. The van der Waals surface area contributed by atoms with Crippen molar-refractivity contribution in [1.82, 2.24) is 9.78 Å². The minimum absolute atomic E-state index is 0.370. The first-order valence-electron chi connectivity index (χ1n) is 5.94. The number of nitrogen functional groups attached to an aromatic ring is 1. The maximum Gasteiger partial charge on any atom is 0.0879 e. The van der Waals surface area contributed by atoms with E-state index in [-0.39, 0.29) is 0 Å². The Bertz CT molecular complexity index is 495. The van der Waals surface area contributed by atoms with Gasteiger partial charge in [-0.05, 0) is 18.4 Å². The van der Waals surface area contributed by atoms with Gasteiger partial charge in [-0.3, -0.25) is 4.68 Å². The van der Waals surface area contributed by atoms with Crippen LogP contribution in [0, 0.1) is 6.92 Å². The summed E-state index contributed by atoms with van der Waals surface area (Å²) in [6, 6.07) is 8.49. The molecule has 0 amide bonds. The van der Waals surface area contributed by atoms with Crippen LogP contribution >= 0.6 is 0 Å². The molecule has 0 atom stereocenters. The zero-order valence-electron chi connectivity index (χ0n) is 10.6. The molecule has 2 rings (SSSR count). The second kappa shape index (κ2) is 4.62. The summed E-state index contributed by atoms with van der Waals surface area (Å²) in [6.45, 7) is 7.08. The molecule has 0 unspecified atom stereocenters. The lowest BCUT2D eigenvalue weighted by molar-refractivity contribution is 0.657. The van der Waals surface area contributed by atoms with Crippen LogP contribution in [0.3, 0.4) is 0 Å². The molecule has 3 heteroatoms. The number of rotatable bonds is 3. The van der Waals surface area contributed by atoms with Crippen molar-refractivity contribution in [3.8, 4) is 0 Å². The largest absolute Gasteiger partial charge is 0.396 e. The van der Waals surface area contributed by atoms with Gasteiger partial charge >= 0.3 is 0 Å². The lowest BCUT2D eigenvalue weighted by atomic mass is 10.1. The molecular formula is C14H19N3. The second-order valence-corrected chi connectivity index (χ2v) is 4.81. The first-order chi connectivity index (χ1) is 8.06. The normalized spacial score (nSPS) is 11.1.